The number of hydrogen-bond donors (Lipinski definition) is 2. The minimum absolute atomic E-state index is 0.618. The highest BCUT2D eigenvalue weighted by atomic mass is 16.3. The number of aliphatic hydroxyl groups is 1. The molecule has 0 saturated heterocycles. The summed E-state index contributed by atoms with van der Waals surface area (Å²) in [6.07, 6.45) is 2.19. The fraction of sp³-hybridized carbons (Fsp3) is 0.312. The Morgan fingerprint density at radius 2 is 1.95 bits per heavy atom. The van der Waals surface area contributed by atoms with E-state index in [1.165, 1.54) is 0 Å². The number of aromatic nitrogens is 1. The summed E-state index contributed by atoms with van der Waals surface area (Å²) in [7, 11) is 0. The molecule has 0 saturated carbocycles. The average Bonchev–Trinajstić information content (AvgIpc) is 2.46. The highest BCUT2D eigenvalue weighted by Gasteiger charge is 2.11. The molecule has 0 radical (unpaired) electrons. The largest absolute Gasteiger partial charge is 0.384 e. The molecule has 0 amide bonds. The Kier molecular flexibility index (Phi) is 4.53. The van der Waals surface area contributed by atoms with Crippen molar-refractivity contribution < 1.29 is 5.11 Å². The molecule has 19 heavy (non-hydrogen) atoms. The molecule has 2 N–H and O–H groups in total. The lowest BCUT2D eigenvalue weighted by atomic mass is 10.0. The maximum Gasteiger partial charge on any atom is 0.128 e. The van der Waals surface area contributed by atoms with E-state index in [2.05, 4.69) is 17.2 Å². The van der Waals surface area contributed by atoms with E-state index in [4.69, 9.17) is 0 Å². The number of nitrogens with one attached hydrogen (secondary N) is 1. The number of hydrogen-bond acceptors (Lipinski definition) is 3. The Balaban J connectivity index is 2.20. The molecule has 0 bridgehead atoms. The van der Waals surface area contributed by atoms with Gasteiger partial charge in [-0.25, -0.2) is 4.98 Å². The van der Waals surface area contributed by atoms with Crippen LogP contribution in [-0.2, 0) is 0 Å². The molecule has 100 valence electrons. The lowest BCUT2D eigenvalue weighted by molar-refractivity contribution is 0.220. The van der Waals surface area contributed by atoms with Crippen LogP contribution in [0.5, 0.6) is 0 Å². The highest BCUT2D eigenvalue weighted by Crippen LogP contribution is 2.23. The van der Waals surface area contributed by atoms with E-state index in [1.54, 1.807) is 6.20 Å². The molecule has 0 aliphatic rings. The summed E-state index contributed by atoms with van der Waals surface area (Å²) in [5, 5.41) is 13.6. The molecule has 3 heteroatoms. The Morgan fingerprint density at radius 3 is 2.58 bits per heavy atom. The van der Waals surface area contributed by atoms with Crippen LogP contribution in [0, 0.1) is 6.92 Å². The molecule has 1 aromatic carbocycles. The number of nitrogens with zero attached hydrogens (tertiary/aromatic N) is 1. The quantitative estimate of drug-likeness (QED) is 0.862. The molecule has 0 spiro atoms. The fourth-order valence-electron chi connectivity index (χ4n) is 2.00. The van der Waals surface area contributed by atoms with Crippen LogP contribution in [0.15, 0.2) is 42.6 Å². The summed E-state index contributed by atoms with van der Waals surface area (Å²) in [5.41, 5.74) is 2.77. The molecule has 2 aromatic rings. The first-order chi connectivity index (χ1) is 9.22. The number of benzene rings is 1. The second kappa shape index (κ2) is 6.34. The molecule has 0 unspecified atom stereocenters. The van der Waals surface area contributed by atoms with Crippen molar-refractivity contribution in [1.29, 1.82) is 0 Å². The number of pyridine rings is 1. The Morgan fingerprint density at radius 1 is 1.21 bits per heavy atom. The van der Waals surface area contributed by atoms with E-state index in [-0.39, 0.29) is 0 Å². The van der Waals surface area contributed by atoms with Gasteiger partial charge in [-0.2, -0.15) is 0 Å². The van der Waals surface area contributed by atoms with Crippen molar-refractivity contribution in [2.45, 2.75) is 26.4 Å². The van der Waals surface area contributed by atoms with Crippen molar-refractivity contribution in [2.24, 2.45) is 0 Å². The second-order valence-electron chi connectivity index (χ2n) is 4.67. The van der Waals surface area contributed by atoms with Gasteiger partial charge < -0.3 is 10.4 Å². The zero-order valence-corrected chi connectivity index (χ0v) is 11.4. The van der Waals surface area contributed by atoms with Gasteiger partial charge in [-0.05, 0) is 30.5 Å². The minimum atomic E-state index is -0.618. The molecule has 0 aliphatic carbocycles. The highest BCUT2D eigenvalue weighted by molar-refractivity contribution is 5.45. The third-order valence-electron chi connectivity index (χ3n) is 3.07. The van der Waals surface area contributed by atoms with E-state index < -0.39 is 6.10 Å². The van der Waals surface area contributed by atoms with E-state index in [9.17, 15) is 5.11 Å². The summed E-state index contributed by atoms with van der Waals surface area (Å²) in [6, 6.07) is 11.6. The zero-order chi connectivity index (χ0) is 13.7. The van der Waals surface area contributed by atoms with Crippen LogP contribution in [0.2, 0.25) is 0 Å². The van der Waals surface area contributed by atoms with Crippen LogP contribution in [0.25, 0.3) is 0 Å². The van der Waals surface area contributed by atoms with Crippen molar-refractivity contribution >= 4 is 5.82 Å². The van der Waals surface area contributed by atoms with Crippen molar-refractivity contribution in [3.05, 3.63) is 59.3 Å². The molecule has 2 rings (SSSR count). The summed E-state index contributed by atoms with van der Waals surface area (Å²) < 4.78 is 0. The Hall–Kier alpha value is -1.87. The summed E-state index contributed by atoms with van der Waals surface area (Å²) in [5.74, 6) is 0.894. The third-order valence-corrected chi connectivity index (χ3v) is 3.07. The minimum Gasteiger partial charge on any atom is -0.384 e. The molecular formula is C16H20N2O. The number of anilines is 1. The van der Waals surface area contributed by atoms with Gasteiger partial charge in [0.15, 0.2) is 0 Å². The van der Waals surface area contributed by atoms with Crippen LogP contribution in [0.4, 0.5) is 5.82 Å². The standard InChI is InChI=1S/C16H20N2O/c1-3-9-17-16-12(2)10-14(11-18-16)15(19)13-7-5-4-6-8-13/h4-8,10-11,15,19H,3,9H2,1-2H3,(H,17,18)/t15-/m1/s1. The van der Waals surface area contributed by atoms with Crippen molar-refractivity contribution in [3.8, 4) is 0 Å². The van der Waals surface area contributed by atoms with Gasteiger partial charge in [-0.3, -0.25) is 0 Å². The van der Waals surface area contributed by atoms with Gasteiger partial charge in [0.05, 0.1) is 0 Å². The number of rotatable bonds is 5. The Bertz CT molecular complexity index is 526. The van der Waals surface area contributed by atoms with Gasteiger partial charge in [0.25, 0.3) is 0 Å². The van der Waals surface area contributed by atoms with Gasteiger partial charge >= 0.3 is 0 Å². The number of aryl methyl sites for hydroxylation is 1. The molecule has 0 fully saturated rings. The van der Waals surface area contributed by atoms with Crippen LogP contribution in [0.1, 0.15) is 36.1 Å². The molecule has 1 aromatic heterocycles. The van der Waals surface area contributed by atoms with Gasteiger partial charge in [0.2, 0.25) is 0 Å². The lowest BCUT2D eigenvalue weighted by Crippen LogP contribution is -2.06. The van der Waals surface area contributed by atoms with Crippen molar-refractivity contribution in [1.82, 2.24) is 4.98 Å². The van der Waals surface area contributed by atoms with Crippen molar-refractivity contribution in [3.63, 3.8) is 0 Å². The van der Waals surface area contributed by atoms with Crippen molar-refractivity contribution in [2.75, 3.05) is 11.9 Å². The van der Waals surface area contributed by atoms with Crippen LogP contribution in [0.3, 0.4) is 0 Å². The normalized spacial score (nSPS) is 12.2. The van der Waals surface area contributed by atoms with Crippen LogP contribution < -0.4 is 5.32 Å². The number of aliphatic hydroxyl groups excluding tert-OH is 1. The topological polar surface area (TPSA) is 45.2 Å². The van der Waals surface area contributed by atoms with Gasteiger partial charge in [0, 0.05) is 18.3 Å². The average molecular weight is 256 g/mol. The zero-order valence-electron chi connectivity index (χ0n) is 11.4. The van der Waals surface area contributed by atoms with E-state index in [0.29, 0.717) is 0 Å². The third kappa shape index (κ3) is 3.32. The predicted octanol–water partition coefficient (Wildman–Crippen LogP) is 3.29. The molecule has 0 aliphatic heterocycles. The maximum atomic E-state index is 10.3. The van der Waals surface area contributed by atoms with Gasteiger partial charge in [-0.15, -0.1) is 0 Å². The van der Waals surface area contributed by atoms with Gasteiger partial charge in [0.1, 0.15) is 11.9 Å². The molecule has 3 nitrogen and oxygen atoms in total. The van der Waals surface area contributed by atoms with E-state index >= 15 is 0 Å². The molecule has 1 heterocycles. The Labute approximate surface area is 114 Å². The fourth-order valence-corrected chi connectivity index (χ4v) is 2.00. The van der Waals surface area contributed by atoms with Gasteiger partial charge in [-0.1, -0.05) is 37.3 Å². The summed E-state index contributed by atoms with van der Waals surface area (Å²) >= 11 is 0. The monoisotopic (exact) mass is 256 g/mol. The van der Waals surface area contributed by atoms with E-state index in [1.807, 2.05) is 43.3 Å². The first-order valence-corrected chi connectivity index (χ1v) is 6.65. The second-order valence-corrected chi connectivity index (χ2v) is 4.67. The predicted molar refractivity (Wildman–Crippen MR) is 78.3 cm³/mol. The lowest BCUT2D eigenvalue weighted by Gasteiger charge is -2.14. The first-order valence-electron chi connectivity index (χ1n) is 6.65. The first kappa shape index (κ1) is 13.6. The summed E-state index contributed by atoms with van der Waals surface area (Å²) in [4.78, 5) is 4.39. The smallest absolute Gasteiger partial charge is 0.128 e. The maximum absolute atomic E-state index is 10.3. The summed E-state index contributed by atoms with van der Waals surface area (Å²) in [6.45, 7) is 5.04. The van der Waals surface area contributed by atoms with E-state index in [0.717, 1.165) is 35.5 Å². The molecule has 1 atom stereocenters. The van der Waals surface area contributed by atoms with Crippen LogP contribution in [-0.4, -0.2) is 16.6 Å². The SMILES string of the molecule is CCCNc1ncc([C@H](O)c2ccccc2)cc1C. The van der Waals surface area contributed by atoms with Crippen LogP contribution >= 0.6 is 0 Å². The molecular weight excluding hydrogens is 236 g/mol.